The normalized spacial score (nSPS) is 17.7. The standard InChI is InChI=1S/C7H12N6O2/c14-7(15)8-5-1-3-13(4-2-5)6-9-11-12-10-6/h5,8H,1-4H2,(H,14,15)(H,9,10,11,12). The number of piperidine rings is 1. The largest absolute Gasteiger partial charge is 0.465 e. The molecule has 1 aromatic heterocycles. The lowest BCUT2D eigenvalue weighted by Crippen LogP contribution is -2.44. The molecule has 0 saturated carbocycles. The highest BCUT2D eigenvalue weighted by Gasteiger charge is 2.21. The van der Waals surface area contributed by atoms with Crippen molar-refractivity contribution in [3.05, 3.63) is 0 Å². The number of nitrogens with one attached hydrogen (secondary N) is 2. The summed E-state index contributed by atoms with van der Waals surface area (Å²) in [6, 6.07) is 0.0367. The van der Waals surface area contributed by atoms with Gasteiger partial charge in [0.15, 0.2) is 0 Å². The summed E-state index contributed by atoms with van der Waals surface area (Å²) in [6.07, 6.45) is 0.579. The van der Waals surface area contributed by atoms with Gasteiger partial charge in [0.05, 0.1) is 0 Å². The molecule has 1 aliphatic heterocycles. The van der Waals surface area contributed by atoms with Crippen molar-refractivity contribution < 1.29 is 9.90 Å². The van der Waals surface area contributed by atoms with Crippen LogP contribution in [0.4, 0.5) is 10.7 Å². The Morgan fingerprint density at radius 3 is 2.80 bits per heavy atom. The van der Waals surface area contributed by atoms with E-state index in [0.29, 0.717) is 5.95 Å². The van der Waals surface area contributed by atoms with E-state index in [2.05, 4.69) is 25.9 Å². The fourth-order valence-corrected chi connectivity index (χ4v) is 1.70. The van der Waals surface area contributed by atoms with E-state index < -0.39 is 6.09 Å². The Bertz CT molecular complexity index is 318. The van der Waals surface area contributed by atoms with Gasteiger partial charge in [0.2, 0.25) is 5.95 Å². The molecule has 1 fully saturated rings. The van der Waals surface area contributed by atoms with Crippen LogP contribution in [-0.4, -0.2) is 51.0 Å². The zero-order valence-electron chi connectivity index (χ0n) is 8.05. The van der Waals surface area contributed by atoms with Gasteiger partial charge in [-0.05, 0) is 23.3 Å². The molecule has 2 heterocycles. The Morgan fingerprint density at radius 2 is 2.27 bits per heavy atom. The van der Waals surface area contributed by atoms with Crippen LogP contribution in [0.5, 0.6) is 0 Å². The fourth-order valence-electron chi connectivity index (χ4n) is 1.70. The first-order valence-corrected chi connectivity index (χ1v) is 4.74. The number of carboxylic acid groups (broad SMARTS) is 1. The van der Waals surface area contributed by atoms with Gasteiger partial charge in [-0.25, -0.2) is 9.89 Å². The fraction of sp³-hybridized carbons (Fsp3) is 0.714. The molecule has 0 atom stereocenters. The third-order valence-corrected chi connectivity index (χ3v) is 2.46. The Labute approximate surface area is 85.7 Å². The summed E-state index contributed by atoms with van der Waals surface area (Å²) in [6.45, 7) is 1.50. The first kappa shape index (κ1) is 9.69. The van der Waals surface area contributed by atoms with Crippen molar-refractivity contribution in [3.8, 4) is 0 Å². The minimum atomic E-state index is -0.963. The molecule has 1 amide bonds. The summed E-state index contributed by atoms with van der Waals surface area (Å²) in [5.74, 6) is 0.642. The molecule has 1 aromatic rings. The number of carbonyl (C=O) groups is 1. The zero-order valence-corrected chi connectivity index (χ0v) is 8.05. The number of rotatable bonds is 2. The zero-order chi connectivity index (χ0) is 10.7. The lowest BCUT2D eigenvalue weighted by Gasteiger charge is -2.30. The molecule has 8 heteroatoms. The molecule has 8 nitrogen and oxygen atoms in total. The van der Waals surface area contributed by atoms with E-state index in [4.69, 9.17) is 5.11 Å². The van der Waals surface area contributed by atoms with Gasteiger partial charge in [-0.3, -0.25) is 0 Å². The molecule has 0 aliphatic carbocycles. The number of hydrogen-bond acceptors (Lipinski definition) is 5. The second-order valence-corrected chi connectivity index (χ2v) is 3.44. The van der Waals surface area contributed by atoms with Crippen LogP contribution in [0, 0.1) is 0 Å². The lowest BCUT2D eigenvalue weighted by molar-refractivity contribution is 0.187. The van der Waals surface area contributed by atoms with Gasteiger partial charge >= 0.3 is 6.09 Å². The van der Waals surface area contributed by atoms with E-state index in [1.165, 1.54) is 0 Å². The van der Waals surface area contributed by atoms with Crippen LogP contribution < -0.4 is 10.2 Å². The van der Waals surface area contributed by atoms with Crippen LogP contribution in [0.1, 0.15) is 12.8 Å². The SMILES string of the molecule is O=C(O)NC1CCN(c2nnn[nH]2)CC1. The summed E-state index contributed by atoms with van der Waals surface area (Å²) >= 11 is 0. The van der Waals surface area contributed by atoms with Gasteiger partial charge in [-0.15, -0.1) is 0 Å². The number of nitrogens with zero attached hydrogens (tertiary/aromatic N) is 4. The predicted molar refractivity (Wildman–Crippen MR) is 50.6 cm³/mol. The maximum absolute atomic E-state index is 10.4. The van der Waals surface area contributed by atoms with Gasteiger partial charge in [0.1, 0.15) is 0 Å². The second kappa shape index (κ2) is 4.11. The van der Waals surface area contributed by atoms with Crippen molar-refractivity contribution in [3.63, 3.8) is 0 Å². The number of aromatic amines is 1. The number of aromatic nitrogens is 4. The molecule has 0 spiro atoms. The summed E-state index contributed by atoms with van der Waals surface area (Å²) in [5, 5.41) is 24.5. The molecule has 15 heavy (non-hydrogen) atoms. The number of tetrazole rings is 1. The van der Waals surface area contributed by atoms with E-state index in [9.17, 15) is 4.79 Å². The van der Waals surface area contributed by atoms with E-state index in [0.717, 1.165) is 25.9 Å². The van der Waals surface area contributed by atoms with E-state index in [-0.39, 0.29) is 6.04 Å². The van der Waals surface area contributed by atoms with Crippen LogP contribution in [0.15, 0.2) is 0 Å². The van der Waals surface area contributed by atoms with Gasteiger partial charge in [-0.1, -0.05) is 5.10 Å². The number of H-pyrrole nitrogens is 1. The molecule has 0 unspecified atom stereocenters. The first-order chi connectivity index (χ1) is 7.25. The maximum Gasteiger partial charge on any atom is 0.404 e. The summed E-state index contributed by atoms with van der Waals surface area (Å²) in [7, 11) is 0. The van der Waals surface area contributed by atoms with E-state index in [1.807, 2.05) is 4.90 Å². The van der Waals surface area contributed by atoms with Crippen LogP contribution in [0.25, 0.3) is 0 Å². The topological polar surface area (TPSA) is 107 Å². The van der Waals surface area contributed by atoms with E-state index >= 15 is 0 Å². The molecular weight excluding hydrogens is 200 g/mol. The highest BCUT2D eigenvalue weighted by molar-refractivity contribution is 5.64. The minimum Gasteiger partial charge on any atom is -0.465 e. The summed E-state index contributed by atoms with van der Waals surface area (Å²) in [5.41, 5.74) is 0. The third-order valence-electron chi connectivity index (χ3n) is 2.46. The number of amides is 1. The smallest absolute Gasteiger partial charge is 0.404 e. The number of hydrogen-bond donors (Lipinski definition) is 3. The van der Waals surface area contributed by atoms with Gasteiger partial charge in [-0.2, -0.15) is 0 Å². The van der Waals surface area contributed by atoms with E-state index in [1.54, 1.807) is 0 Å². The Hall–Kier alpha value is -1.86. The van der Waals surface area contributed by atoms with Crippen molar-refractivity contribution in [1.29, 1.82) is 0 Å². The van der Waals surface area contributed by atoms with Gasteiger partial charge in [0.25, 0.3) is 0 Å². The minimum absolute atomic E-state index is 0.0367. The Kier molecular flexibility index (Phi) is 2.66. The van der Waals surface area contributed by atoms with Crippen LogP contribution in [0.2, 0.25) is 0 Å². The Balaban J connectivity index is 1.84. The van der Waals surface area contributed by atoms with Crippen molar-refractivity contribution in [2.75, 3.05) is 18.0 Å². The van der Waals surface area contributed by atoms with Crippen molar-refractivity contribution in [2.24, 2.45) is 0 Å². The molecule has 0 aromatic carbocycles. The maximum atomic E-state index is 10.4. The third kappa shape index (κ3) is 2.33. The molecule has 3 N–H and O–H groups in total. The quantitative estimate of drug-likeness (QED) is 0.606. The van der Waals surface area contributed by atoms with Gasteiger partial charge in [0, 0.05) is 19.1 Å². The molecule has 2 rings (SSSR count). The van der Waals surface area contributed by atoms with Gasteiger partial charge < -0.3 is 15.3 Å². The highest BCUT2D eigenvalue weighted by Crippen LogP contribution is 2.14. The molecule has 0 bridgehead atoms. The highest BCUT2D eigenvalue weighted by atomic mass is 16.4. The van der Waals surface area contributed by atoms with Crippen LogP contribution in [0.3, 0.4) is 0 Å². The first-order valence-electron chi connectivity index (χ1n) is 4.74. The van der Waals surface area contributed by atoms with Crippen LogP contribution >= 0.6 is 0 Å². The van der Waals surface area contributed by atoms with Crippen molar-refractivity contribution in [1.82, 2.24) is 25.9 Å². The van der Waals surface area contributed by atoms with Crippen molar-refractivity contribution >= 4 is 12.0 Å². The molecule has 0 radical (unpaired) electrons. The molecule has 1 aliphatic rings. The average Bonchev–Trinajstić information content (AvgIpc) is 2.71. The molecule has 1 saturated heterocycles. The number of anilines is 1. The monoisotopic (exact) mass is 212 g/mol. The summed E-state index contributed by atoms with van der Waals surface area (Å²) < 4.78 is 0. The Morgan fingerprint density at radius 1 is 1.53 bits per heavy atom. The molecule has 82 valence electrons. The second-order valence-electron chi connectivity index (χ2n) is 3.44. The van der Waals surface area contributed by atoms with Crippen molar-refractivity contribution in [2.45, 2.75) is 18.9 Å². The lowest BCUT2D eigenvalue weighted by atomic mass is 10.1. The predicted octanol–water partition coefficient (Wildman–Crippen LogP) is -0.564. The molecular formula is C7H12N6O2. The average molecular weight is 212 g/mol. The summed E-state index contributed by atoms with van der Waals surface area (Å²) in [4.78, 5) is 12.4. The van der Waals surface area contributed by atoms with Crippen LogP contribution in [-0.2, 0) is 0 Å².